The van der Waals surface area contributed by atoms with Crippen LogP contribution in [0.25, 0.3) is 11.0 Å². The number of carbonyl (C=O) groups is 1. The average molecular weight is 359 g/mol. The summed E-state index contributed by atoms with van der Waals surface area (Å²) >= 11 is 1.49. The number of anilines is 1. The first-order valence-corrected chi connectivity index (χ1v) is 9.16. The normalized spacial score (nSPS) is 11.0. The molecule has 0 saturated carbocycles. The van der Waals surface area contributed by atoms with E-state index < -0.39 is 0 Å². The average Bonchev–Trinajstić information content (AvgIpc) is 3.18. The first kappa shape index (κ1) is 17.3. The van der Waals surface area contributed by atoms with E-state index in [0.717, 1.165) is 35.5 Å². The molecule has 0 aliphatic heterocycles. The smallest absolute Gasteiger partial charge is 0.319 e. The maximum absolute atomic E-state index is 12.0. The van der Waals surface area contributed by atoms with Crippen molar-refractivity contribution in [3.8, 4) is 0 Å². The highest BCUT2D eigenvalue weighted by atomic mass is 32.2. The third-order valence-corrected chi connectivity index (χ3v) is 4.39. The maximum Gasteiger partial charge on any atom is 0.319 e. The fraction of sp³-hybridized carbons (Fsp3) is 0.375. The van der Waals surface area contributed by atoms with E-state index in [4.69, 9.17) is 0 Å². The van der Waals surface area contributed by atoms with Crippen molar-refractivity contribution in [2.45, 2.75) is 32.0 Å². The molecule has 0 saturated heterocycles. The Morgan fingerprint density at radius 1 is 1.40 bits per heavy atom. The monoisotopic (exact) mass is 359 g/mol. The minimum Gasteiger partial charge on any atom is -0.337 e. The van der Waals surface area contributed by atoms with E-state index >= 15 is 0 Å². The first-order valence-electron chi connectivity index (χ1n) is 8.17. The van der Waals surface area contributed by atoms with E-state index in [1.54, 1.807) is 0 Å². The number of nitrogens with one attached hydrogen (secondary N) is 3. The lowest BCUT2D eigenvalue weighted by atomic mass is 10.2. The SMILES string of the molecule is CCCn1cnc2cc(NC(=O)NCCSc3n[nH]c(C)n3)ccc21. The number of carbonyl (C=O) groups excluding carboxylic acids is 1. The van der Waals surface area contributed by atoms with Crippen LogP contribution in [0.2, 0.25) is 0 Å². The molecule has 0 aliphatic carbocycles. The van der Waals surface area contributed by atoms with Gasteiger partial charge in [-0.05, 0) is 31.5 Å². The molecule has 132 valence electrons. The van der Waals surface area contributed by atoms with Crippen LogP contribution >= 0.6 is 11.8 Å². The molecule has 1 aromatic carbocycles. The standard InChI is InChI=1S/C16H21N7OS/c1-3-7-23-10-18-13-9-12(4-5-14(13)23)20-15(24)17-6-8-25-16-19-11(2)21-22-16/h4-5,9-10H,3,6-8H2,1-2H3,(H2,17,20,24)(H,19,21,22). The van der Waals surface area contributed by atoms with E-state index in [-0.39, 0.29) is 6.03 Å². The van der Waals surface area contributed by atoms with Gasteiger partial charge in [0.15, 0.2) is 0 Å². The molecule has 0 fully saturated rings. The lowest BCUT2D eigenvalue weighted by Gasteiger charge is -2.07. The van der Waals surface area contributed by atoms with Crippen molar-refractivity contribution in [1.29, 1.82) is 0 Å². The van der Waals surface area contributed by atoms with Crippen molar-refractivity contribution >= 4 is 34.5 Å². The molecule has 9 heteroatoms. The van der Waals surface area contributed by atoms with Gasteiger partial charge in [0.25, 0.3) is 0 Å². The summed E-state index contributed by atoms with van der Waals surface area (Å²) in [5, 5.41) is 13.2. The van der Waals surface area contributed by atoms with Crippen LogP contribution in [-0.4, -0.2) is 43.1 Å². The maximum atomic E-state index is 12.0. The van der Waals surface area contributed by atoms with Crippen LogP contribution < -0.4 is 10.6 Å². The predicted octanol–water partition coefficient (Wildman–Crippen LogP) is 2.79. The second-order valence-corrected chi connectivity index (χ2v) is 6.64. The van der Waals surface area contributed by atoms with Gasteiger partial charge >= 0.3 is 6.03 Å². The Morgan fingerprint density at radius 3 is 3.04 bits per heavy atom. The Labute approximate surface area is 149 Å². The van der Waals surface area contributed by atoms with Crippen molar-refractivity contribution in [3.05, 3.63) is 30.4 Å². The number of aryl methyl sites for hydroxylation is 2. The number of imidazole rings is 1. The van der Waals surface area contributed by atoms with Crippen LogP contribution in [0.5, 0.6) is 0 Å². The molecule has 3 N–H and O–H groups in total. The van der Waals surface area contributed by atoms with Crippen molar-refractivity contribution in [3.63, 3.8) is 0 Å². The second kappa shape index (κ2) is 8.02. The molecule has 2 amide bonds. The number of nitrogens with zero attached hydrogens (tertiary/aromatic N) is 4. The van der Waals surface area contributed by atoms with Crippen LogP contribution in [0.3, 0.4) is 0 Å². The molecule has 0 aliphatic rings. The van der Waals surface area contributed by atoms with Crippen molar-refractivity contribution in [2.24, 2.45) is 0 Å². The van der Waals surface area contributed by atoms with Crippen LogP contribution in [0, 0.1) is 6.92 Å². The van der Waals surface area contributed by atoms with E-state index in [2.05, 4.69) is 42.3 Å². The van der Waals surface area contributed by atoms with Gasteiger partial charge < -0.3 is 15.2 Å². The minimum atomic E-state index is -0.237. The topological polar surface area (TPSA) is 101 Å². The van der Waals surface area contributed by atoms with Crippen molar-refractivity contribution < 1.29 is 4.79 Å². The Hall–Kier alpha value is -2.55. The number of fused-ring (bicyclic) bond motifs is 1. The summed E-state index contributed by atoms with van der Waals surface area (Å²) in [4.78, 5) is 20.6. The lowest BCUT2D eigenvalue weighted by Crippen LogP contribution is -2.30. The molecule has 2 heterocycles. The number of hydrogen-bond donors (Lipinski definition) is 3. The quantitative estimate of drug-likeness (QED) is 0.445. The van der Waals surface area contributed by atoms with Gasteiger partial charge in [-0.25, -0.2) is 14.8 Å². The molecular formula is C16H21N7OS. The highest BCUT2D eigenvalue weighted by Gasteiger charge is 2.06. The number of H-pyrrole nitrogens is 1. The molecule has 0 unspecified atom stereocenters. The summed E-state index contributed by atoms with van der Waals surface area (Å²) in [5.74, 6) is 1.48. The molecule has 3 rings (SSSR count). The van der Waals surface area contributed by atoms with Gasteiger partial charge in [-0.2, -0.15) is 0 Å². The number of rotatable bonds is 7. The molecule has 0 bridgehead atoms. The molecule has 0 spiro atoms. The Morgan fingerprint density at radius 2 is 2.28 bits per heavy atom. The van der Waals surface area contributed by atoms with E-state index in [9.17, 15) is 4.79 Å². The zero-order chi connectivity index (χ0) is 17.6. The number of thioether (sulfide) groups is 1. The van der Waals surface area contributed by atoms with Crippen LogP contribution in [-0.2, 0) is 6.54 Å². The van der Waals surface area contributed by atoms with Gasteiger partial charge in [-0.3, -0.25) is 5.10 Å². The predicted molar refractivity (Wildman–Crippen MR) is 98.9 cm³/mol. The highest BCUT2D eigenvalue weighted by molar-refractivity contribution is 7.99. The van der Waals surface area contributed by atoms with Crippen molar-refractivity contribution in [1.82, 2.24) is 30.0 Å². The molecule has 2 aromatic heterocycles. The summed E-state index contributed by atoms with van der Waals surface area (Å²) in [6.07, 6.45) is 2.89. The Bertz CT molecular complexity index is 857. The third-order valence-electron chi connectivity index (χ3n) is 3.54. The first-order chi connectivity index (χ1) is 12.2. The van der Waals surface area contributed by atoms with Gasteiger partial charge in [-0.1, -0.05) is 18.7 Å². The van der Waals surface area contributed by atoms with E-state index in [1.807, 2.05) is 31.5 Å². The van der Waals surface area contributed by atoms with Gasteiger partial charge in [0.2, 0.25) is 5.16 Å². The van der Waals surface area contributed by atoms with Crippen molar-refractivity contribution in [2.75, 3.05) is 17.6 Å². The van der Waals surface area contributed by atoms with Crippen LogP contribution in [0.15, 0.2) is 29.7 Å². The molecule has 3 aromatic rings. The van der Waals surface area contributed by atoms with Gasteiger partial charge in [0.1, 0.15) is 5.82 Å². The fourth-order valence-electron chi connectivity index (χ4n) is 2.43. The zero-order valence-electron chi connectivity index (χ0n) is 14.2. The zero-order valence-corrected chi connectivity index (χ0v) is 15.1. The van der Waals surface area contributed by atoms with E-state index in [1.165, 1.54) is 11.8 Å². The molecule has 25 heavy (non-hydrogen) atoms. The summed E-state index contributed by atoms with van der Waals surface area (Å²) in [6, 6.07) is 5.52. The number of aromatic amines is 1. The van der Waals surface area contributed by atoms with E-state index in [0.29, 0.717) is 17.5 Å². The number of amides is 2. The number of benzene rings is 1. The van der Waals surface area contributed by atoms with Gasteiger partial charge in [-0.15, -0.1) is 5.10 Å². The molecule has 0 radical (unpaired) electrons. The molecule has 8 nitrogen and oxygen atoms in total. The largest absolute Gasteiger partial charge is 0.337 e. The summed E-state index contributed by atoms with van der Waals surface area (Å²) in [7, 11) is 0. The highest BCUT2D eigenvalue weighted by Crippen LogP contribution is 2.18. The molecule has 0 atom stereocenters. The third kappa shape index (κ3) is 4.50. The Balaban J connectivity index is 1.48. The summed E-state index contributed by atoms with van der Waals surface area (Å²) in [5.41, 5.74) is 2.68. The van der Waals surface area contributed by atoms with Crippen LogP contribution in [0.1, 0.15) is 19.2 Å². The van der Waals surface area contributed by atoms with Crippen LogP contribution in [0.4, 0.5) is 10.5 Å². The molecular weight excluding hydrogens is 338 g/mol. The summed E-state index contributed by atoms with van der Waals surface area (Å²) in [6.45, 7) is 5.45. The second-order valence-electron chi connectivity index (χ2n) is 5.57. The van der Waals surface area contributed by atoms with Gasteiger partial charge in [0.05, 0.1) is 17.4 Å². The number of hydrogen-bond acceptors (Lipinski definition) is 5. The lowest BCUT2D eigenvalue weighted by molar-refractivity contribution is 0.252. The summed E-state index contributed by atoms with van der Waals surface area (Å²) < 4.78 is 2.11. The fourth-order valence-corrected chi connectivity index (χ4v) is 3.13. The Kier molecular flexibility index (Phi) is 5.54. The number of urea groups is 1. The van der Waals surface area contributed by atoms with Gasteiger partial charge in [0, 0.05) is 24.5 Å². The minimum absolute atomic E-state index is 0.237. The number of aromatic nitrogens is 5.